The fraction of sp³-hybridized carbons (Fsp3) is 0.316. The number of nitrogens with one attached hydrogen (secondary N) is 1. The zero-order valence-corrected chi connectivity index (χ0v) is 14.0. The summed E-state index contributed by atoms with van der Waals surface area (Å²) >= 11 is 0. The third kappa shape index (κ3) is 3.36. The van der Waals surface area contributed by atoms with E-state index in [1.165, 1.54) is 0 Å². The summed E-state index contributed by atoms with van der Waals surface area (Å²) in [6.07, 6.45) is 0.436. The first-order chi connectivity index (χ1) is 11.6. The minimum Gasteiger partial charge on any atom is -0.491 e. The number of benzene rings is 2. The lowest BCUT2D eigenvalue weighted by Gasteiger charge is -2.27. The largest absolute Gasteiger partial charge is 0.491 e. The molecule has 24 heavy (non-hydrogen) atoms. The number of nitrogens with zero attached hydrogens (tertiary/aromatic N) is 1. The fourth-order valence-electron chi connectivity index (χ4n) is 2.99. The van der Waals surface area contributed by atoms with Crippen molar-refractivity contribution in [1.29, 1.82) is 0 Å². The van der Waals surface area contributed by atoms with Gasteiger partial charge in [0.1, 0.15) is 12.4 Å². The van der Waals surface area contributed by atoms with Crippen molar-refractivity contribution in [1.82, 2.24) is 0 Å². The third-order valence-electron chi connectivity index (χ3n) is 4.23. The summed E-state index contributed by atoms with van der Waals surface area (Å²) in [5.41, 5.74) is 4.15. The summed E-state index contributed by atoms with van der Waals surface area (Å²) in [6.45, 7) is 0.271. The van der Waals surface area contributed by atoms with Gasteiger partial charge in [0, 0.05) is 37.8 Å². The lowest BCUT2D eigenvalue weighted by Crippen LogP contribution is -2.24. The summed E-state index contributed by atoms with van der Waals surface area (Å²) in [5, 5.41) is 11.8. The average Bonchev–Trinajstić information content (AvgIpc) is 2.59. The maximum Gasteiger partial charge on any atom is 0.225 e. The van der Waals surface area contributed by atoms with Gasteiger partial charge in [0.25, 0.3) is 0 Å². The van der Waals surface area contributed by atoms with E-state index in [1.807, 2.05) is 49.3 Å². The van der Waals surface area contributed by atoms with Gasteiger partial charge in [-0.15, -0.1) is 0 Å². The Kier molecular flexibility index (Phi) is 4.71. The zero-order valence-electron chi connectivity index (χ0n) is 14.0. The molecule has 1 aliphatic heterocycles. The van der Waals surface area contributed by atoms with E-state index in [1.54, 1.807) is 0 Å². The van der Waals surface area contributed by atoms with Crippen LogP contribution in [0.15, 0.2) is 42.5 Å². The SMILES string of the molecule is CN(C)c1ccc2c(c1)NC(=O)CC2c1ccc(OCCO)cc1. The Balaban J connectivity index is 1.90. The van der Waals surface area contributed by atoms with Crippen molar-refractivity contribution < 1.29 is 14.6 Å². The first-order valence-corrected chi connectivity index (χ1v) is 8.03. The molecule has 126 valence electrons. The van der Waals surface area contributed by atoms with E-state index in [-0.39, 0.29) is 25.0 Å². The van der Waals surface area contributed by atoms with Crippen molar-refractivity contribution in [3.05, 3.63) is 53.6 Å². The molecule has 0 aromatic heterocycles. The molecule has 1 atom stereocenters. The normalized spacial score (nSPS) is 16.3. The predicted octanol–water partition coefficient (Wildman–Crippen LogP) is 2.60. The van der Waals surface area contributed by atoms with E-state index >= 15 is 0 Å². The van der Waals surface area contributed by atoms with Gasteiger partial charge >= 0.3 is 0 Å². The minimum absolute atomic E-state index is 0.00781. The summed E-state index contributed by atoms with van der Waals surface area (Å²) in [4.78, 5) is 14.1. The van der Waals surface area contributed by atoms with Crippen molar-refractivity contribution >= 4 is 17.3 Å². The number of carbonyl (C=O) groups excluding carboxylic acids is 1. The first kappa shape index (κ1) is 16.3. The van der Waals surface area contributed by atoms with E-state index in [2.05, 4.69) is 17.4 Å². The summed E-state index contributed by atoms with van der Waals surface area (Å²) in [5.74, 6) is 0.789. The Morgan fingerprint density at radius 1 is 1.21 bits per heavy atom. The molecule has 1 aliphatic rings. The maximum absolute atomic E-state index is 12.1. The van der Waals surface area contributed by atoms with Gasteiger partial charge in [0.15, 0.2) is 0 Å². The molecule has 5 heteroatoms. The third-order valence-corrected chi connectivity index (χ3v) is 4.23. The molecule has 0 bridgehead atoms. The quantitative estimate of drug-likeness (QED) is 0.886. The molecule has 0 spiro atoms. The lowest BCUT2D eigenvalue weighted by molar-refractivity contribution is -0.116. The minimum atomic E-state index is -0.00781. The Labute approximate surface area is 141 Å². The fourth-order valence-corrected chi connectivity index (χ4v) is 2.99. The highest BCUT2D eigenvalue weighted by Crippen LogP contribution is 2.39. The van der Waals surface area contributed by atoms with E-state index < -0.39 is 0 Å². The molecule has 1 heterocycles. The Morgan fingerprint density at radius 2 is 1.96 bits per heavy atom. The Morgan fingerprint density at radius 3 is 2.62 bits per heavy atom. The van der Waals surface area contributed by atoms with Gasteiger partial charge in [-0.2, -0.15) is 0 Å². The van der Waals surface area contributed by atoms with E-state index in [0.29, 0.717) is 6.42 Å². The van der Waals surface area contributed by atoms with Crippen molar-refractivity contribution in [2.24, 2.45) is 0 Å². The molecule has 0 fully saturated rings. The second kappa shape index (κ2) is 6.93. The monoisotopic (exact) mass is 326 g/mol. The van der Waals surface area contributed by atoms with Gasteiger partial charge in [-0.05, 0) is 35.4 Å². The van der Waals surface area contributed by atoms with Crippen LogP contribution in [0.2, 0.25) is 0 Å². The number of anilines is 2. The van der Waals surface area contributed by atoms with Crippen LogP contribution < -0.4 is 15.0 Å². The number of hydrogen-bond donors (Lipinski definition) is 2. The number of rotatable bonds is 5. The standard InChI is InChI=1S/C19H22N2O3/c1-21(2)14-5-8-16-17(12-19(23)20-18(16)11-14)13-3-6-15(7-4-13)24-10-9-22/h3-8,11,17,22H,9-10,12H2,1-2H3,(H,20,23). The van der Waals surface area contributed by atoms with Crippen LogP contribution in [0, 0.1) is 0 Å². The van der Waals surface area contributed by atoms with Crippen LogP contribution in [0.5, 0.6) is 5.75 Å². The summed E-state index contributed by atoms with van der Waals surface area (Å²) in [7, 11) is 3.96. The number of carbonyl (C=O) groups is 1. The van der Waals surface area contributed by atoms with E-state index in [0.717, 1.165) is 28.3 Å². The molecular formula is C19H22N2O3. The van der Waals surface area contributed by atoms with Gasteiger partial charge < -0.3 is 20.1 Å². The molecular weight excluding hydrogens is 304 g/mol. The highest BCUT2D eigenvalue weighted by atomic mass is 16.5. The van der Waals surface area contributed by atoms with E-state index in [4.69, 9.17) is 9.84 Å². The molecule has 0 saturated heterocycles. The average molecular weight is 326 g/mol. The molecule has 3 rings (SSSR count). The van der Waals surface area contributed by atoms with Crippen LogP contribution in [0.4, 0.5) is 11.4 Å². The van der Waals surface area contributed by atoms with Crippen LogP contribution in [0.25, 0.3) is 0 Å². The summed E-state index contributed by atoms with van der Waals surface area (Å²) < 4.78 is 5.40. The molecule has 0 radical (unpaired) electrons. The van der Waals surface area contributed by atoms with Gasteiger partial charge in [-0.1, -0.05) is 18.2 Å². The molecule has 2 aromatic carbocycles. The molecule has 2 aromatic rings. The van der Waals surface area contributed by atoms with Gasteiger partial charge in [0.05, 0.1) is 6.61 Å². The highest BCUT2D eigenvalue weighted by molar-refractivity contribution is 5.96. The number of hydrogen-bond acceptors (Lipinski definition) is 4. The Hall–Kier alpha value is -2.53. The summed E-state index contributed by atoms with van der Waals surface area (Å²) in [6, 6.07) is 13.9. The molecule has 1 unspecified atom stereocenters. The molecule has 2 N–H and O–H groups in total. The second-order valence-corrected chi connectivity index (χ2v) is 6.11. The van der Waals surface area contributed by atoms with Crippen molar-refractivity contribution in [3.63, 3.8) is 0 Å². The van der Waals surface area contributed by atoms with Crippen molar-refractivity contribution in [3.8, 4) is 5.75 Å². The van der Waals surface area contributed by atoms with Crippen molar-refractivity contribution in [2.75, 3.05) is 37.5 Å². The second-order valence-electron chi connectivity index (χ2n) is 6.11. The number of aliphatic hydroxyl groups is 1. The van der Waals surface area contributed by atoms with Crippen LogP contribution >= 0.6 is 0 Å². The number of fused-ring (bicyclic) bond motifs is 1. The number of ether oxygens (including phenoxy) is 1. The highest BCUT2D eigenvalue weighted by Gasteiger charge is 2.26. The van der Waals surface area contributed by atoms with Crippen molar-refractivity contribution in [2.45, 2.75) is 12.3 Å². The predicted molar refractivity (Wildman–Crippen MR) is 94.9 cm³/mol. The molecule has 5 nitrogen and oxygen atoms in total. The van der Waals surface area contributed by atoms with Crippen LogP contribution in [0.1, 0.15) is 23.5 Å². The maximum atomic E-state index is 12.1. The number of amides is 1. The first-order valence-electron chi connectivity index (χ1n) is 8.03. The van der Waals surface area contributed by atoms with Crippen LogP contribution in [-0.4, -0.2) is 38.3 Å². The van der Waals surface area contributed by atoms with Gasteiger partial charge in [-0.25, -0.2) is 0 Å². The smallest absolute Gasteiger partial charge is 0.225 e. The lowest BCUT2D eigenvalue weighted by atomic mass is 9.84. The number of aliphatic hydroxyl groups excluding tert-OH is 1. The van der Waals surface area contributed by atoms with E-state index in [9.17, 15) is 4.79 Å². The van der Waals surface area contributed by atoms with Gasteiger partial charge in [0.2, 0.25) is 5.91 Å². The zero-order chi connectivity index (χ0) is 17.1. The van der Waals surface area contributed by atoms with Crippen LogP contribution in [-0.2, 0) is 4.79 Å². The Bertz CT molecular complexity index is 726. The topological polar surface area (TPSA) is 61.8 Å². The molecule has 1 amide bonds. The molecule has 0 aliphatic carbocycles. The van der Waals surface area contributed by atoms with Gasteiger partial charge in [-0.3, -0.25) is 4.79 Å². The van der Waals surface area contributed by atoms with Crippen LogP contribution in [0.3, 0.4) is 0 Å². The molecule has 0 saturated carbocycles.